The van der Waals surface area contributed by atoms with Gasteiger partial charge in [-0.2, -0.15) is 10.5 Å². The molecule has 0 N–H and O–H groups in total. The number of rotatable bonds is 7. The van der Waals surface area contributed by atoms with Crippen LogP contribution in [0.5, 0.6) is 0 Å². The number of hydrogen-bond donors (Lipinski definition) is 0. The van der Waals surface area contributed by atoms with E-state index in [0.29, 0.717) is 12.8 Å². The summed E-state index contributed by atoms with van der Waals surface area (Å²) >= 11 is 0. The van der Waals surface area contributed by atoms with Gasteiger partial charge in [0.1, 0.15) is 0 Å². The lowest BCUT2D eigenvalue weighted by Crippen LogP contribution is -2.25. The molecule has 0 aliphatic carbocycles. The molecule has 0 aliphatic heterocycles. The minimum absolute atomic E-state index is 0.320. The Bertz CT molecular complexity index is 858. The molecule has 0 spiro atoms. The van der Waals surface area contributed by atoms with Crippen molar-refractivity contribution in [1.29, 1.82) is 10.5 Å². The molecule has 2 aromatic carbocycles. The Morgan fingerprint density at radius 2 is 1.42 bits per heavy atom. The fraction of sp³-hybridized carbons (Fsp3) is 0.167. The summed E-state index contributed by atoms with van der Waals surface area (Å²) in [5.41, 5.74) is 0.855. The Hall–Kier alpha value is -3.54. The highest BCUT2D eigenvalue weighted by Crippen LogP contribution is 2.35. The lowest BCUT2D eigenvalue weighted by atomic mass is 9.73. The summed E-state index contributed by atoms with van der Waals surface area (Å²) in [4.78, 5) is 0. The zero-order valence-corrected chi connectivity index (χ0v) is 14.5. The standard InChI is InChI=1S/C24H20N2/c1-2-10-23(17-16-22-13-7-4-8-14-22)24(19-25,20-26)18-9-15-21-11-5-3-6-12-21/h1,3-9,11-17,23H,10,18H2/b15-9+,17-16+. The Morgan fingerprint density at radius 1 is 0.885 bits per heavy atom. The van der Waals surface area contributed by atoms with Crippen LogP contribution in [0.15, 0.2) is 72.8 Å². The molecule has 0 radical (unpaired) electrons. The van der Waals surface area contributed by atoms with Crippen LogP contribution in [0, 0.1) is 46.3 Å². The molecule has 2 nitrogen and oxygen atoms in total. The summed E-state index contributed by atoms with van der Waals surface area (Å²) in [5, 5.41) is 19.5. The van der Waals surface area contributed by atoms with Crippen molar-refractivity contribution in [1.82, 2.24) is 0 Å². The smallest absolute Gasteiger partial charge is 0.154 e. The number of nitriles is 2. The van der Waals surface area contributed by atoms with Crippen LogP contribution in [0.4, 0.5) is 0 Å². The average Bonchev–Trinajstić information content (AvgIpc) is 2.70. The second-order valence-electron chi connectivity index (χ2n) is 6.00. The second kappa shape index (κ2) is 9.68. The number of terminal acetylenes is 1. The maximum atomic E-state index is 9.76. The zero-order valence-electron chi connectivity index (χ0n) is 14.5. The fourth-order valence-electron chi connectivity index (χ4n) is 2.70. The number of benzene rings is 2. The van der Waals surface area contributed by atoms with Gasteiger partial charge in [-0.05, 0) is 17.5 Å². The van der Waals surface area contributed by atoms with Crippen molar-refractivity contribution < 1.29 is 0 Å². The molecule has 0 amide bonds. The van der Waals surface area contributed by atoms with Gasteiger partial charge >= 0.3 is 0 Å². The molecule has 126 valence electrons. The minimum atomic E-state index is -1.19. The van der Waals surface area contributed by atoms with E-state index in [2.05, 4.69) is 18.1 Å². The quantitative estimate of drug-likeness (QED) is 0.629. The highest BCUT2D eigenvalue weighted by Gasteiger charge is 2.36. The monoisotopic (exact) mass is 336 g/mol. The van der Waals surface area contributed by atoms with E-state index in [1.165, 1.54) is 0 Å². The van der Waals surface area contributed by atoms with Crippen molar-refractivity contribution in [2.24, 2.45) is 11.3 Å². The van der Waals surface area contributed by atoms with Gasteiger partial charge in [-0.25, -0.2) is 0 Å². The van der Waals surface area contributed by atoms with Gasteiger partial charge in [0.25, 0.3) is 0 Å². The van der Waals surface area contributed by atoms with Crippen molar-refractivity contribution in [2.45, 2.75) is 12.8 Å². The molecular weight excluding hydrogens is 316 g/mol. The third kappa shape index (κ3) is 4.98. The van der Waals surface area contributed by atoms with Gasteiger partial charge in [-0.15, -0.1) is 12.3 Å². The largest absolute Gasteiger partial charge is 0.197 e. The molecule has 2 heteroatoms. The molecular formula is C24H20N2. The predicted molar refractivity (Wildman–Crippen MR) is 106 cm³/mol. The zero-order chi connectivity index (χ0) is 18.7. The van der Waals surface area contributed by atoms with Crippen LogP contribution < -0.4 is 0 Å². The van der Waals surface area contributed by atoms with E-state index in [1.54, 1.807) is 0 Å². The Morgan fingerprint density at radius 3 is 1.92 bits per heavy atom. The maximum absolute atomic E-state index is 9.76. The highest BCUT2D eigenvalue weighted by molar-refractivity contribution is 5.51. The van der Waals surface area contributed by atoms with Gasteiger partial charge in [0.15, 0.2) is 5.41 Å². The lowest BCUT2D eigenvalue weighted by Gasteiger charge is -2.24. The van der Waals surface area contributed by atoms with E-state index in [9.17, 15) is 10.5 Å². The van der Waals surface area contributed by atoms with Gasteiger partial charge < -0.3 is 0 Å². The van der Waals surface area contributed by atoms with Crippen molar-refractivity contribution in [2.75, 3.05) is 0 Å². The van der Waals surface area contributed by atoms with Crippen LogP contribution in [0.3, 0.4) is 0 Å². The van der Waals surface area contributed by atoms with E-state index in [0.717, 1.165) is 11.1 Å². The number of nitrogens with zero attached hydrogens (tertiary/aromatic N) is 2. The molecule has 0 bridgehead atoms. The number of hydrogen-bond acceptors (Lipinski definition) is 2. The van der Waals surface area contributed by atoms with E-state index in [-0.39, 0.29) is 5.92 Å². The maximum Gasteiger partial charge on any atom is 0.154 e. The second-order valence-corrected chi connectivity index (χ2v) is 6.00. The molecule has 0 aliphatic rings. The van der Waals surface area contributed by atoms with Crippen LogP contribution in [-0.2, 0) is 0 Å². The summed E-state index contributed by atoms with van der Waals surface area (Å²) in [5.74, 6) is 2.26. The van der Waals surface area contributed by atoms with Crippen LogP contribution in [-0.4, -0.2) is 0 Å². The van der Waals surface area contributed by atoms with E-state index < -0.39 is 5.41 Å². The van der Waals surface area contributed by atoms with Gasteiger partial charge in [0.05, 0.1) is 12.1 Å². The van der Waals surface area contributed by atoms with Gasteiger partial charge in [0.2, 0.25) is 0 Å². The van der Waals surface area contributed by atoms with Crippen molar-refractivity contribution >= 4 is 12.2 Å². The van der Waals surface area contributed by atoms with E-state index in [1.807, 2.05) is 85.0 Å². The molecule has 1 atom stereocenters. The Balaban J connectivity index is 2.24. The third-order valence-corrected chi connectivity index (χ3v) is 4.24. The first-order valence-corrected chi connectivity index (χ1v) is 8.45. The molecule has 0 heterocycles. The molecule has 0 saturated heterocycles. The summed E-state index contributed by atoms with van der Waals surface area (Å²) in [6.07, 6.45) is 13.8. The first-order chi connectivity index (χ1) is 12.7. The normalized spacial score (nSPS) is 12.3. The fourth-order valence-corrected chi connectivity index (χ4v) is 2.70. The first-order valence-electron chi connectivity index (χ1n) is 8.45. The predicted octanol–water partition coefficient (Wildman–Crippen LogP) is 5.48. The first kappa shape index (κ1) is 18.8. The molecule has 0 saturated carbocycles. The SMILES string of the molecule is C#CCC(/C=C/c1ccccc1)C(C#N)(C#N)C/C=C/c1ccccc1. The Labute approximate surface area is 155 Å². The molecule has 26 heavy (non-hydrogen) atoms. The molecule has 2 rings (SSSR count). The number of allylic oxidation sites excluding steroid dienone is 2. The van der Waals surface area contributed by atoms with Gasteiger partial charge in [-0.3, -0.25) is 0 Å². The van der Waals surface area contributed by atoms with E-state index >= 15 is 0 Å². The van der Waals surface area contributed by atoms with Gasteiger partial charge in [0, 0.05) is 12.3 Å². The molecule has 0 fully saturated rings. The lowest BCUT2D eigenvalue weighted by molar-refractivity contribution is 0.392. The summed E-state index contributed by atoms with van der Waals surface area (Å²) in [6.45, 7) is 0. The average molecular weight is 336 g/mol. The molecule has 1 unspecified atom stereocenters. The summed E-state index contributed by atoms with van der Waals surface area (Å²) < 4.78 is 0. The van der Waals surface area contributed by atoms with Crippen LogP contribution in [0.2, 0.25) is 0 Å². The van der Waals surface area contributed by atoms with Crippen molar-refractivity contribution in [3.8, 4) is 24.5 Å². The van der Waals surface area contributed by atoms with E-state index in [4.69, 9.17) is 6.42 Å². The minimum Gasteiger partial charge on any atom is -0.197 e. The molecule has 0 aromatic heterocycles. The van der Waals surface area contributed by atoms with Crippen LogP contribution in [0.25, 0.3) is 12.2 Å². The van der Waals surface area contributed by atoms with Crippen LogP contribution in [0.1, 0.15) is 24.0 Å². The summed E-state index contributed by atoms with van der Waals surface area (Å²) in [6, 6.07) is 24.0. The molecule has 2 aromatic rings. The topological polar surface area (TPSA) is 47.6 Å². The third-order valence-electron chi connectivity index (χ3n) is 4.24. The van der Waals surface area contributed by atoms with Crippen LogP contribution >= 0.6 is 0 Å². The van der Waals surface area contributed by atoms with Crippen molar-refractivity contribution in [3.63, 3.8) is 0 Å². The highest BCUT2D eigenvalue weighted by atomic mass is 14.4. The summed E-state index contributed by atoms with van der Waals surface area (Å²) in [7, 11) is 0. The van der Waals surface area contributed by atoms with Crippen molar-refractivity contribution in [3.05, 3.63) is 83.9 Å². The van der Waals surface area contributed by atoms with Gasteiger partial charge in [-0.1, -0.05) is 85.0 Å². The Kier molecular flexibility index (Phi) is 7.00.